The average molecular weight is 284 g/mol. The Morgan fingerprint density at radius 1 is 1.26 bits per heavy atom. The van der Waals surface area contributed by atoms with Gasteiger partial charge in [-0.25, -0.2) is 0 Å². The second-order valence-corrected chi connectivity index (χ2v) is 5.72. The summed E-state index contributed by atoms with van der Waals surface area (Å²) in [5.41, 5.74) is 2.01. The molecule has 0 aromatic heterocycles. The van der Waals surface area contributed by atoms with Crippen molar-refractivity contribution < 1.29 is 9.84 Å². The molecule has 1 atom stereocenters. The van der Waals surface area contributed by atoms with Gasteiger partial charge in [-0.1, -0.05) is 11.6 Å². The average Bonchev–Trinajstić information content (AvgIpc) is 2.86. The molecule has 0 radical (unpaired) electrons. The van der Waals surface area contributed by atoms with Gasteiger partial charge < -0.3 is 14.7 Å². The van der Waals surface area contributed by atoms with E-state index >= 15 is 0 Å². The van der Waals surface area contributed by atoms with Crippen LogP contribution in [0.1, 0.15) is 24.0 Å². The summed E-state index contributed by atoms with van der Waals surface area (Å²) in [5, 5.41) is 10.8. The van der Waals surface area contributed by atoms with Crippen molar-refractivity contribution in [3.8, 4) is 5.75 Å². The summed E-state index contributed by atoms with van der Waals surface area (Å²) in [7, 11) is 0. The summed E-state index contributed by atoms with van der Waals surface area (Å²) in [6.07, 6.45) is 2.04. The first kappa shape index (κ1) is 14.6. The van der Waals surface area contributed by atoms with Gasteiger partial charge in [0.15, 0.2) is 0 Å². The molecule has 3 nitrogen and oxygen atoms in total. The Bertz CT molecular complexity index is 407. The Morgan fingerprint density at radius 2 is 1.84 bits per heavy atom. The molecule has 0 saturated carbocycles. The smallest absolute Gasteiger partial charge is 0.120 e. The van der Waals surface area contributed by atoms with Crippen molar-refractivity contribution in [2.45, 2.75) is 32.8 Å². The fourth-order valence-electron chi connectivity index (χ4n) is 2.50. The van der Waals surface area contributed by atoms with Crippen molar-refractivity contribution in [1.82, 2.24) is 4.90 Å². The molecule has 0 bridgehead atoms. The minimum Gasteiger partial charge on any atom is -0.491 e. The third-order valence-corrected chi connectivity index (χ3v) is 4.12. The molecule has 1 heterocycles. The van der Waals surface area contributed by atoms with Crippen LogP contribution < -0.4 is 4.74 Å². The van der Waals surface area contributed by atoms with Crippen molar-refractivity contribution in [2.24, 2.45) is 0 Å². The summed E-state index contributed by atoms with van der Waals surface area (Å²) in [6, 6.07) is 3.83. The number of hydrogen-bond acceptors (Lipinski definition) is 3. The van der Waals surface area contributed by atoms with Crippen LogP contribution in [0.3, 0.4) is 0 Å². The maximum absolute atomic E-state index is 9.97. The Labute approximate surface area is 120 Å². The Kier molecular flexibility index (Phi) is 5.08. The third-order valence-electron chi connectivity index (χ3n) is 3.52. The molecule has 2 rings (SSSR count). The van der Waals surface area contributed by atoms with Gasteiger partial charge in [-0.3, -0.25) is 0 Å². The van der Waals surface area contributed by atoms with Crippen molar-refractivity contribution in [1.29, 1.82) is 0 Å². The molecule has 1 N–H and O–H groups in total. The number of aliphatic hydroxyl groups excluding tert-OH is 1. The zero-order valence-corrected chi connectivity index (χ0v) is 12.4. The van der Waals surface area contributed by atoms with E-state index in [1.165, 1.54) is 12.8 Å². The molecule has 1 aliphatic rings. The Morgan fingerprint density at radius 3 is 2.42 bits per heavy atom. The monoisotopic (exact) mass is 283 g/mol. The van der Waals surface area contributed by atoms with Gasteiger partial charge in [-0.05, 0) is 63.0 Å². The minimum atomic E-state index is -0.436. The van der Waals surface area contributed by atoms with Gasteiger partial charge in [0, 0.05) is 11.6 Å². The largest absolute Gasteiger partial charge is 0.491 e. The molecular weight excluding hydrogens is 262 g/mol. The van der Waals surface area contributed by atoms with Gasteiger partial charge >= 0.3 is 0 Å². The van der Waals surface area contributed by atoms with Gasteiger partial charge in [-0.15, -0.1) is 0 Å². The highest BCUT2D eigenvalue weighted by Gasteiger charge is 2.16. The van der Waals surface area contributed by atoms with E-state index in [4.69, 9.17) is 16.3 Å². The Hall–Kier alpha value is -0.770. The lowest BCUT2D eigenvalue weighted by atomic mass is 10.1. The second kappa shape index (κ2) is 6.60. The molecular formula is C15H22ClNO2. The van der Waals surface area contributed by atoms with Crippen LogP contribution in [0.4, 0.5) is 0 Å². The van der Waals surface area contributed by atoms with Crippen LogP contribution in [0.2, 0.25) is 5.02 Å². The molecule has 0 amide bonds. The fraction of sp³-hybridized carbons (Fsp3) is 0.600. The number of nitrogens with zero attached hydrogens (tertiary/aromatic N) is 1. The van der Waals surface area contributed by atoms with Gasteiger partial charge in [0.1, 0.15) is 18.5 Å². The SMILES string of the molecule is Cc1cc(OC[C@@H](O)CN2CCCC2)cc(C)c1Cl. The van der Waals surface area contributed by atoms with E-state index in [0.717, 1.165) is 35.0 Å². The molecule has 0 aliphatic carbocycles. The van der Waals surface area contributed by atoms with Crippen molar-refractivity contribution in [3.63, 3.8) is 0 Å². The number of aliphatic hydroxyl groups is 1. The van der Waals surface area contributed by atoms with Crippen LogP contribution in [-0.2, 0) is 0 Å². The molecule has 19 heavy (non-hydrogen) atoms. The maximum atomic E-state index is 9.97. The summed E-state index contributed by atoms with van der Waals surface area (Å²) in [5.74, 6) is 0.778. The number of halogens is 1. The molecule has 106 valence electrons. The molecule has 1 aliphatic heterocycles. The lowest BCUT2D eigenvalue weighted by Gasteiger charge is -2.20. The van der Waals surface area contributed by atoms with Crippen LogP contribution in [-0.4, -0.2) is 42.4 Å². The molecule has 0 spiro atoms. The van der Waals surface area contributed by atoms with E-state index in [-0.39, 0.29) is 0 Å². The summed E-state index contributed by atoms with van der Waals surface area (Å²) in [4.78, 5) is 2.28. The highest BCUT2D eigenvalue weighted by atomic mass is 35.5. The predicted octanol–water partition coefficient (Wildman–Crippen LogP) is 2.79. The first-order chi connectivity index (χ1) is 9.06. The van der Waals surface area contributed by atoms with Gasteiger partial charge in [-0.2, -0.15) is 0 Å². The normalized spacial score (nSPS) is 17.7. The lowest BCUT2D eigenvalue weighted by molar-refractivity contribution is 0.0758. The molecule has 1 fully saturated rings. The van der Waals surface area contributed by atoms with Crippen molar-refractivity contribution >= 4 is 11.6 Å². The van der Waals surface area contributed by atoms with Crippen molar-refractivity contribution in [2.75, 3.05) is 26.2 Å². The van der Waals surface area contributed by atoms with Gasteiger partial charge in [0.05, 0.1) is 0 Å². The van der Waals surface area contributed by atoms with Crippen LogP contribution >= 0.6 is 11.6 Å². The number of hydrogen-bond donors (Lipinski definition) is 1. The molecule has 1 saturated heterocycles. The van der Waals surface area contributed by atoms with E-state index < -0.39 is 6.10 Å². The fourth-order valence-corrected chi connectivity index (χ4v) is 2.61. The zero-order chi connectivity index (χ0) is 13.8. The number of aryl methyl sites for hydroxylation is 2. The van der Waals surface area contributed by atoms with E-state index in [0.29, 0.717) is 13.2 Å². The summed E-state index contributed by atoms with van der Waals surface area (Å²) in [6.45, 7) is 7.14. The summed E-state index contributed by atoms with van der Waals surface area (Å²) >= 11 is 6.11. The first-order valence-electron chi connectivity index (χ1n) is 6.86. The van der Waals surface area contributed by atoms with Gasteiger partial charge in [0.2, 0.25) is 0 Å². The van der Waals surface area contributed by atoms with E-state index in [1.807, 2.05) is 26.0 Å². The second-order valence-electron chi connectivity index (χ2n) is 5.34. The number of ether oxygens (including phenoxy) is 1. The van der Waals surface area contributed by atoms with E-state index in [9.17, 15) is 5.11 Å². The highest BCUT2D eigenvalue weighted by molar-refractivity contribution is 6.32. The molecule has 4 heteroatoms. The predicted molar refractivity (Wildman–Crippen MR) is 78.1 cm³/mol. The highest BCUT2D eigenvalue weighted by Crippen LogP contribution is 2.25. The van der Waals surface area contributed by atoms with Crippen LogP contribution in [0.5, 0.6) is 5.75 Å². The number of β-amino-alcohol motifs (C(OH)–C–C–N with tert-alkyl or cyclic N) is 1. The van der Waals surface area contributed by atoms with Crippen molar-refractivity contribution in [3.05, 3.63) is 28.3 Å². The van der Waals surface area contributed by atoms with Gasteiger partial charge in [0.25, 0.3) is 0 Å². The van der Waals surface area contributed by atoms with Crippen LogP contribution in [0, 0.1) is 13.8 Å². The summed E-state index contributed by atoms with van der Waals surface area (Å²) < 4.78 is 5.66. The Balaban J connectivity index is 1.84. The van der Waals surface area contributed by atoms with E-state index in [2.05, 4.69) is 4.90 Å². The molecule has 1 aromatic rings. The van der Waals surface area contributed by atoms with E-state index in [1.54, 1.807) is 0 Å². The topological polar surface area (TPSA) is 32.7 Å². The maximum Gasteiger partial charge on any atom is 0.120 e. The number of rotatable bonds is 5. The van der Waals surface area contributed by atoms with Crippen LogP contribution in [0.15, 0.2) is 12.1 Å². The first-order valence-corrected chi connectivity index (χ1v) is 7.24. The molecule has 1 aromatic carbocycles. The number of likely N-dealkylation sites (tertiary alicyclic amines) is 1. The lowest BCUT2D eigenvalue weighted by Crippen LogP contribution is -2.33. The van der Waals surface area contributed by atoms with Crippen LogP contribution in [0.25, 0.3) is 0 Å². The quantitative estimate of drug-likeness (QED) is 0.902. The standard InChI is InChI=1S/C15H22ClNO2/c1-11-7-14(8-12(2)15(11)16)19-10-13(18)9-17-5-3-4-6-17/h7-8,13,18H,3-6,9-10H2,1-2H3/t13-/m0/s1. The molecule has 0 unspecified atom stereocenters. The zero-order valence-electron chi connectivity index (χ0n) is 11.7. The number of benzene rings is 1. The minimum absolute atomic E-state index is 0.330. The third kappa shape index (κ3) is 4.10.